The van der Waals surface area contributed by atoms with E-state index in [0.29, 0.717) is 13.3 Å². The van der Waals surface area contributed by atoms with E-state index in [1.54, 1.807) is 6.08 Å². The molecule has 0 aromatic heterocycles. The summed E-state index contributed by atoms with van der Waals surface area (Å²) in [5.41, 5.74) is 0. The topological polar surface area (TPSA) is 61.4 Å². The van der Waals surface area contributed by atoms with Gasteiger partial charge in [0.2, 0.25) is 5.91 Å². The molecule has 124 valence electrons. The van der Waals surface area contributed by atoms with Gasteiger partial charge in [0.15, 0.2) is 0 Å². The average Bonchev–Trinajstić information content (AvgIpc) is 2.49. The first-order valence-corrected chi connectivity index (χ1v) is 8.57. The lowest BCUT2D eigenvalue weighted by Gasteiger charge is -2.05. The number of hydrogen-bond donors (Lipinski definition) is 3. The third-order valence-corrected chi connectivity index (χ3v) is 3.39. The summed E-state index contributed by atoms with van der Waals surface area (Å²) in [4.78, 5) is 11.5. The van der Waals surface area contributed by atoms with Gasteiger partial charge in [0.05, 0.1) is 6.67 Å². The second-order valence-corrected chi connectivity index (χ2v) is 5.46. The Labute approximate surface area is 130 Å². The molecule has 0 saturated heterocycles. The second kappa shape index (κ2) is 17.2. The Balaban J connectivity index is 3.21. The minimum atomic E-state index is -0.0111. The van der Waals surface area contributed by atoms with Crippen LogP contribution in [0.2, 0.25) is 0 Å². The number of unbranched alkanes of at least 4 members (excludes halogenated alkanes) is 8. The number of aliphatic hydroxyl groups is 1. The predicted molar refractivity (Wildman–Crippen MR) is 89.1 cm³/mol. The molecular formula is C17H34N2O2. The van der Waals surface area contributed by atoms with Crippen LogP contribution in [0, 0.1) is 0 Å². The van der Waals surface area contributed by atoms with Gasteiger partial charge < -0.3 is 10.4 Å². The van der Waals surface area contributed by atoms with Crippen LogP contribution in [0.5, 0.6) is 0 Å². The predicted octanol–water partition coefficient (Wildman–Crippen LogP) is 3.12. The Morgan fingerprint density at radius 2 is 1.71 bits per heavy atom. The number of allylic oxidation sites excluding steroid dienone is 1. The number of carbonyl (C=O) groups excluding carboxylic acids is 1. The molecular weight excluding hydrogens is 264 g/mol. The first-order chi connectivity index (χ1) is 10.3. The summed E-state index contributed by atoms with van der Waals surface area (Å²) in [6.45, 7) is 3.98. The molecule has 0 rings (SSSR count). The van der Waals surface area contributed by atoms with Gasteiger partial charge in [-0.1, -0.05) is 51.5 Å². The lowest BCUT2D eigenvalue weighted by molar-refractivity contribution is -0.116. The van der Waals surface area contributed by atoms with Crippen LogP contribution in [0.1, 0.15) is 71.1 Å². The minimum Gasteiger partial charge on any atom is -0.396 e. The Hall–Kier alpha value is -0.870. The molecule has 4 nitrogen and oxygen atoms in total. The second-order valence-electron chi connectivity index (χ2n) is 5.46. The highest BCUT2D eigenvalue weighted by molar-refractivity contribution is 5.87. The van der Waals surface area contributed by atoms with E-state index in [1.165, 1.54) is 32.1 Å². The largest absolute Gasteiger partial charge is 0.396 e. The average molecular weight is 298 g/mol. The van der Waals surface area contributed by atoms with E-state index in [-0.39, 0.29) is 5.91 Å². The molecule has 0 aromatic rings. The maximum atomic E-state index is 11.5. The van der Waals surface area contributed by atoms with Gasteiger partial charge in [-0.25, -0.2) is 0 Å². The van der Waals surface area contributed by atoms with Crippen molar-refractivity contribution in [1.29, 1.82) is 0 Å². The highest BCUT2D eigenvalue weighted by atomic mass is 16.2. The molecule has 0 fully saturated rings. The molecule has 0 bridgehead atoms. The van der Waals surface area contributed by atoms with Crippen molar-refractivity contribution in [1.82, 2.24) is 10.6 Å². The van der Waals surface area contributed by atoms with Gasteiger partial charge in [-0.15, -0.1) is 0 Å². The molecule has 0 aliphatic carbocycles. The summed E-state index contributed by atoms with van der Waals surface area (Å²) in [5.74, 6) is -0.0111. The zero-order valence-corrected chi connectivity index (χ0v) is 13.7. The number of hydrogen-bond acceptors (Lipinski definition) is 3. The quantitative estimate of drug-likeness (QED) is 0.247. The highest BCUT2D eigenvalue weighted by Gasteiger charge is 1.94. The maximum Gasteiger partial charge on any atom is 0.244 e. The lowest BCUT2D eigenvalue weighted by atomic mass is 10.1. The van der Waals surface area contributed by atoms with Crippen LogP contribution in [0.3, 0.4) is 0 Å². The summed E-state index contributed by atoms with van der Waals surface area (Å²) in [5, 5.41) is 14.7. The van der Waals surface area contributed by atoms with Gasteiger partial charge in [-0.3, -0.25) is 10.1 Å². The Morgan fingerprint density at radius 1 is 1.00 bits per heavy atom. The molecule has 0 aromatic carbocycles. The summed E-state index contributed by atoms with van der Waals surface area (Å²) in [6.07, 6.45) is 15.0. The molecule has 0 saturated carbocycles. The standard InChI is InChI=1S/C17H34N2O2/c1-2-3-4-7-10-13-17(21)19-16-18-14-11-8-5-6-9-12-15-20/h10,13,18,20H,2-9,11-12,14-16H2,1H3,(H,19,21)/b13-10+. The van der Waals surface area contributed by atoms with Crippen molar-refractivity contribution in [3.05, 3.63) is 12.2 Å². The number of carbonyl (C=O) groups is 1. The van der Waals surface area contributed by atoms with Gasteiger partial charge in [0.25, 0.3) is 0 Å². The fraction of sp³-hybridized carbons (Fsp3) is 0.824. The van der Waals surface area contributed by atoms with E-state index in [1.807, 2.05) is 6.08 Å². The fourth-order valence-corrected chi connectivity index (χ4v) is 2.07. The van der Waals surface area contributed by atoms with Crippen LogP contribution in [0.4, 0.5) is 0 Å². The van der Waals surface area contributed by atoms with Crippen LogP contribution in [0.25, 0.3) is 0 Å². The van der Waals surface area contributed by atoms with Gasteiger partial charge in [-0.05, 0) is 38.3 Å². The Bertz CT molecular complexity index is 255. The van der Waals surface area contributed by atoms with E-state index < -0.39 is 0 Å². The van der Waals surface area contributed by atoms with Crippen LogP contribution in [0.15, 0.2) is 12.2 Å². The van der Waals surface area contributed by atoms with Crippen molar-refractivity contribution in [3.63, 3.8) is 0 Å². The molecule has 0 atom stereocenters. The number of amides is 1. The molecule has 0 aliphatic heterocycles. The Kier molecular flexibility index (Phi) is 16.5. The number of nitrogens with one attached hydrogen (secondary N) is 2. The molecule has 1 amide bonds. The molecule has 0 aliphatic rings. The van der Waals surface area contributed by atoms with Crippen LogP contribution < -0.4 is 10.6 Å². The zero-order valence-electron chi connectivity index (χ0n) is 13.7. The third kappa shape index (κ3) is 17.1. The van der Waals surface area contributed by atoms with Crippen molar-refractivity contribution < 1.29 is 9.90 Å². The molecule has 0 spiro atoms. The van der Waals surface area contributed by atoms with Crippen molar-refractivity contribution in [2.45, 2.75) is 71.1 Å². The third-order valence-electron chi connectivity index (χ3n) is 3.39. The smallest absolute Gasteiger partial charge is 0.244 e. The van der Waals surface area contributed by atoms with Gasteiger partial charge in [0.1, 0.15) is 0 Å². The van der Waals surface area contributed by atoms with E-state index in [0.717, 1.165) is 38.6 Å². The molecule has 0 unspecified atom stereocenters. The number of rotatable bonds is 15. The fourth-order valence-electron chi connectivity index (χ4n) is 2.07. The maximum absolute atomic E-state index is 11.5. The number of aliphatic hydroxyl groups excluding tert-OH is 1. The zero-order chi connectivity index (χ0) is 15.6. The SMILES string of the molecule is CCCCC/C=C/C(=O)NCNCCCCCCCCO. The first-order valence-electron chi connectivity index (χ1n) is 8.57. The van der Waals surface area contributed by atoms with Crippen molar-refractivity contribution in [2.75, 3.05) is 19.8 Å². The van der Waals surface area contributed by atoms with E-state index in [9.17, 15) is 4.79 Å². The lowest BCUT2D eigenvalue weighted by Crippen LogP contribution is -2.33. The van der Waals surface area contributed by atoms with Crippen LogP contribution >= 0.6 is 0 Å². The molecule has 0 radical (unpaired) electrons. The van der Waals surface area contributed by atoms with Crippen molar-refractivity contribution in [3.8, 4) is 0 Å². The summed E-state index contributed by atoms with van der Waals surface area (Å²) >= 11 is 0. The summed E-state index contributed by atoms with van der Waals surface area (Å²) in [7, 11) is 0. The molecule has 4 heteroatoms. The van der Waals surface area contributed by atoms with Gasteiger partial charge in [-0.2, -0.15) is 0 Å². The normalized spacial score (nSPS) is 11.1. The van der Waals surface area contributed by atoms with Gasteiger partial charge >= 0.3 is 0 Å². The molecule has 21 heavy (non-hydrogen) atoms. The highest BCUT2D eigenvalue weighted by Crippen LogP contribution is 2.04. The summed E-state index contributed by atoms with van der Waals surface area (Å²) < 4.78 is 0. The molecule has 3 N–H and O–H groups in total. The van der Waals surface area contributed by atoms with Gasteiger partial charge in [0, 0.05) is 6.61 Å². The Morgan fingerprint density at radius 3 is 2.43 bits per heavy atom. The van der Waals surface area contributed by atoms with E-state index in [4.69, 9.17) is 5.11 Å². The minimum absolute atomic E-state index is 0.0111. The molecule has 0 heterocycles. The van der Waals surface area contributed by atoms with Crippen molar-refractivity contribution >= 4 is 5.91 Å². The van der Waals surface area contributed by atoms with E-state index >= 15 is 0 Å². The van der Waals surface area contributed by atoms with Crippen LogP contribution in [-0.2, 0) is 4.79 Å². The van der Waals surface area contributed by atoms with Crippen molar-refractivity contribution in [2.24, 2.45) is 0 Å². The van der Waals surface area contributed by atoms with Crippen LogP contribution in [-0.4, -0.2) is 30.8 Å². The first kappa shape index (κ1) is 20.1. The monoisotopic (exact) mass is 298 g/mol. The summed E-state index contributed by atoms with van der Waals surface area (Å²) in [6, 6.07) is 0. The van der Waals surface area contributed by atoms with E-state index in [2.05, 4.69) is 17.6 Å².